The number of piperidine rings is 2. The zero-order chi connectivity index (χ0) is 18.6. The van der Waals surface area contributed by atoms with Crippen molar-refractivity contribution in [3.63, 3.8) is 0 Å². The number of carbonyl (C=O) groups excluding carboxylic acids is 1. The van der Waals surface area contributed by atoms with Gasteiger partial charge in [0.05, 0.1) is 12.6 Å². The first kappa shape index (κ1) is 18.5. The zero-order valence-electron chi connectivity index (χ0n) is 16.1. The minimum Gasteiger partial charge on any atom is -0.394 e. The summed E-state index contributed by atoms with van der Waals surface area (Å²) in [6, 6.07) is 2.25. The minimum atomic E-state index is 0.181. The van der Waals surface area contributed by atoms with E-state index in [1.807, 2.05) is 0 Å². The molecular weight excluding hydrogens is 342 g/mol. The number of aliphatic hydroxyl groups is 1. The Morgan fingerprint density at radius 3 is 2.59 bits per heavy atom. The van der Waals surface area contributed by atoms with Crippen molar-refractivity contribution < 1.29 is 9.90 Å². The third-order valence-corrected chi connectivity index (χ3v) is 6.36. The molecule has 0 radical (unpaired) electrons. The highest BCUT2D eigenvalue weighted by Crippen LogP contribution is 2.28. The third-order valence-electron chi connectivity index (χ3n) is 6.36. The molecule has 0 bridgehead atoms. The molecule has 27 heavy (non-hydrogen) atoms. The van der Waals surface area contributed by atoms with Crippen LogP contribution in [0.5, 0.6) is 0 Å². The van der Waals surface area contributed by atoms with Crippen LogP contribution in [0.4, 0.5) is 11.6 Å². The van der Waals surface area contributed by atoms with Crippen molar-refractivity contribution in [1.82, 2.24) is 14.9 Å². The quantitative estimate of drug-likeness (QED) is 0.846. The Balaban J connectivity index is 1.34. The number of likely N-dealkylation sites (tertiary alicyclic amines) is 1. The molecule has 0 saturated carbocycles. The van der Waals surface area contributed by atoms with Crippen LogP contribution in [0.2, 0.25) is 0 Å². The molecule has 4 rings (SSSR count). The maximum absolute atomic E-state index is 12.0. The van der Waals surface area contributed by atoms with Crippen LogP contribution in [-0.4, -0.2) is 71.3 Å². The predicted molar refractivity (Wildman–Crippen MR) is 105 cm³/mol. The van der Waals surface area contributed by atoms with Gasteiger partial charge in [-0.1, -0.05) is 0 Å². The second-order valence-corrected chi connectivity index (χ2v) is 8.13. The summed E-state index contributed by atoms with van der Waals surface area (Å²) in [5.74, 6) is 2.85. The standard InChI is InChI=1S/C20H31N5O2/c26-14-17-4-3-9-25(17)19-12-18(21-15-22-19)23-10-6-16(7-11-23)13-24-8-2-1-5-20(24)27/h12,15-17,26H,1-11,13-14H2. The smallest absolute Gasteiger partial charge is 0.222 e. The molecule has 1 aromatic heterocycles. The third kappa shape index (κ3) is 4.18. The van der Waals surface area contributed by atoms with Crippen LogP contribution in [0, 0.1) is 5.92 Å². The van der Waals surface area contributed by atoms with Gasteiger partial charge < -0.3 is 19.8 Å². The van der Waals surface area contributed by atoms with Crippen molar-refractivity contribution in [1.29, 1.82) is 0 Å². The summed E-state index contributed by atoms with van der Waals surface area (Å²) in [5.41, 5.74) is 0. The molecule has 3 aliphatic heterocycles. The highest BCUT2D eigenvalue weighted by Gasteiger charge is 2.28. The molecule has 0 aliphatic carbocycles. The molecule has 1 N–H and O–H groups in total. The van der Waals surface area contributed by atoms with Crippen molar-refractivity contribution in [3.05, 3.63) is 12.4 Å². The van der Waals surface area contributed by atoms with Crippen LogP contribution in [0.3, 0.4) is 0 Å². The SMILES string of the molecule is O=C1CCCCN1CC1CCN(c2cc(N3CCCC3CO)ncn2)CC1. The Bertz CT molecular complexity index is 647. The summed E-state index contributed by atoms with van der Waals surface area (Å²) >= 11 is 0. The van der Waals surface area contributed by atoms with Crippen LogP contribution < -0.4 is 9.80 Å². The second-order valence-electron chi connectivity index (χ2n) is 8.13. The largest absolute Gasteiger partial charge is 0.394 e. The van der Waals surface area contributed by atoms with Crippen molar-refractivity contribution in [3.8, 4) is 0 Å². The van der Waals surface area contributed by atoms with Gasteiger partial charge in [0.25, 0.3) is 0 Å². The number of amides is 1. The van der Waals surface area contributed by atoms with Gasteiger partial charge in [-0.05, 0) is 44.4 Å². The summed E-state index contributed by atoms with van der Waals surface area (Å²) in [7, 11) is 0. The van der Waals surface area contributed by atoms with Gasteiger partial charge in [0.1, 0.15) is 18.0 Å². The average Bonchev–Trinajstić information content (AvgIpc) is 3.19. The number of aromatic nitrogens is 2. The second kappa shape index (κ2) is 8.42. The maximum Gasteiger partial charge on any atom is 0.222 e. The summed E-state index contributed by atoms with van der Waals surface area (Å²) < 4.78 is 0. The van der Waals surface area contributed by atoms with Crippen molar-refractivity contribution in [2.24, 2.45) is 5.92 Å². The number of hydrogen-bond donors (Lipinski definition) is 1. The lowest BCUT2D eigenvalue weighted by Gasteiger charge is -2.36. The lowest BCUT2D eigenvalue weighted by Crippen LogP contribution is -2.43. The summed E-state index contributed by atoms with van der Waals surface area (Å²) in [5, 5.41) is 9.57. The van der Waals surface area contributed by atoms with Gasteiger partial charge in [-0.15, -0.1) is 0 Å². The van der Waals surface area contributed by atoms with Crippen molar-refractivity contribution >= 4 is 17.5 Å². The molecule has 0 spiro atoms. The fourth-order valence-corrected chi connectivity index (χ4v) is 4.71. The van der Waals surface area contributed by atoms with Gasteiger partial charge in [-0.25, -0.2) is 9.97 Å². The highest BCUT2D eigenvalue weighted by atomic mass is 16.3. The number of carbonyl (C=O) groups is 1. The number of anilines is 2. The summed E-state index contributed by atoms with van der Waals surface area (Å²) in [4.78, 5) is 27.6. The molecule has 1 amide bonds. The molecule has 3 aliphatic rings. The van der Waals surface area contributed by atoms with Crippen LogP contribution in [0.15, 0.2) is 12.4 Å². The summed E-state index contributed by atoms with van der Waals surface area (Å²) in [6.45, 7) is 4.95. The Kier molecular flexibility index (Phi) is 5.76. The minimum absolute atomic E-state index is 0.181. The molecule has 7 heteroatoms. The Morgan fingerprint density at radius 1 is 1.00 bits per heavy atom. The van der Waals surface area contributed by atoms with E-state index in [0.29, 0.717) is 11.8 Å². The van der Waals surface area contributed by atoms with Crippen molar-refractivity contribution in [2.45, 2.75) is 51.0 Å². The van der Waals surface area contributed by atoms with Crippen LogP contribution in [0.1, 0.15) is 44.9 Å². The highest BCUT2D eigenvalue weighted by molar-refractivity contribution is 5.76. The Hall–Kier alpha value is -1.89. The van der Waals surface area contributed by atoms with Gasteiger partial charge in [-0.2, -0.15) is 0 Å². The lowest BCUT2D eigenvalue weighted by atomic mass is 9.95. The Labute approximate surface area is 161 Å². The van der Waals surface area contributed by atoms with Crippen LogP contribution >= 0.6 is 0 Å². The van der Waals surface area contributed by atoms with Gasteiger partial charge >= 0.3 is 0 Å². The number of rotatable bonds is 5. The van der Waals surface area contributed by atoms with Crippen molar-refractivity contribution in [2.75, 3.05) is 49.1 Å². The fourth-order valence-electron chi connectivity index (χ4n) is 4.71. The van der Waals surface area contributed by atoms with E-state index in [4.69, 9.17) is 0 Å². The van der Waals surface area contributed by atoms with Crippen LogP contribution in [0.25, 0.3) is 0 Å². The van der Waals surface area contributed by atoms with E-state index in [2.05, 4.69) is 30.7 Å². The van der Waals surface area contributed by atoms with E-state index >= 15 is 0 Å². The Morgan fingerprint density at radius 2 is 1.81 bits per heavy atom. The molecule has 0 aromatic carbocycles. The van der Waals surface area contributed by atoms with E-state index < -0.39 is 0 Å². The zero-order valence-corrected chi connectivity index (χ0v) is 16.1. The predicted octanol–water partition coefficient (Wildman–Crippen LogP) is 1.67. The number of aliphatic hydroxyl groups excluding tert-OH is 1. The lowest BCUT2D eigenvalue weighted by molar-refractivity contribution is -0.134. The first-order chi connectivity index (χ1) is 13.2. The number of hydrogen-bond acceptors (Lipinski definition) is 6. The monoisotopic (exact) mass is 373 g/mol. The van der Waals surface area contributed by atoms with Gasteiger partial charge in [0, 0.05) is 45.2 Å². The van der Waals surface area contributed by atoms with Gasteiger partial charge in [0.2, 0.25) is 5.91 Å². The number of nitrogens with zero attached hydrogens (tertiary/aromatic N) is 5. The van der Waals surface area contributed by atoms with Gasteiger partial charge in [0.15, 0.2) is 0 Å². The molecule has 4 heterocycles. The van der Waals surface area contributed by atoms with Crippen LogP contribution in [-0.2, 0) is 4.79 Å². The fraction of sp³-hybridized carbons (Fsp3) is 0.750. The summed E-state index contributed by atoms with van der Waals surface area (Å²) in [6.07, 6.45) is 8.92. The molecular formula is C20H31N5O2. The molecule has 148 valence electrons. The van der Waals surface area contributed by atoms with E-state index in [1.54, 1.807) is 6.33 Å². The van der Waals surface area contributed by atoms with E-state index in [0.717, 1.165) is 89.3 Å². The van der Waals surface area contributed by atoms with E-state index in [-0.39, 0.29) is 12.6 Å². The molecule has 3 fully saturated rings. The molecule has 1 atom stereocenters. The normalized spacial score (nSPS) is 24.7. The molecule has 1 aromatic rings. The topological polar surface area (TPSA) is 72.8 Å². The van der Waals surface area contributed by atoms with E-state index in [9.17, 15) is 9.90 Å². The first-order valence-corrected chi connectivity index (χ1v) is 10.5. The average molecular weight is 374 g/mol. The first-order valence-electron chi connectivity index (χ1n) is 10.5. The molecule has 3 saturated heterocycles. The van der Waals surface area contributed by atoms with E-state index in [1.165, 1.54) is 0 Å². The van der Waals surface area contributed by atoms with Gasteiger partial charge in [-0.3, -0.25) is 4.79 Å². The maximum atomic E-state index is 12.0. The molecule has 7 nitrogen and oxygen atoms in total. The molecule has 1 unspecified atom stereocenters.